The van der Waals surface area contributed by atoms with Gasteiger partial charge in [0, 0.05) is 12.6 Å². The minimum absolute atomic E-state index is 0.00247. The number of sulfonamides is 1. The quantitative estimate of drug-likeness (QED) is 0.862. The van der Waals surface area contributed by atoms with Crippen LogP contribution in [0.15, 0.2) is 24.3 Å². The average Bonchev–Trinajstić information content (AvgIpc) is 2.43. The lowest BCUT2D eigenvalue weighted by atomic mass is 9.88. The predicted molar refractivity (Wildman–Crippen MR) is 82.9 cm³/mol. The summed E-state index contributed by atoms with van der Waals surface area (Å²) in [6, 6.07) is 8.85. The maximum atomic E-state index is 12.7. The van der Waals surface area contributed by atoms with Gasteiger partial charge in [0.25, 0.3) is 0 Å². The first-order valence-electron chi connectivity index (χ1n) is 7.32. The Balaban J connectivity index is 2.18. The van der Waals surface area contributed by atoms with E-state index in [1.54, 1.807) is 28.6 Å². The average molecular weight is 306 g/mol. The van der Waals surface area contributed by atoms with E-state index in [0.717, 1.165) is 12.0 Å². The highest BCUT2D eigenvalue weighted by Crippen LogP contribution is 2.30. The van der Waals surface area contributed by atoms with Crippen molar-refractivity contribution >= 4 is 10.0 Å². The highest BCUT2D eigenvalue weighted by atomic mass is 32.2. The van der Waals surface area contributed by atoms with E-state index in [1.807, 2.05) is 13.0 Å². The van der Waals surface area contributed by atoms with Crippen LogP contribution in [0.25, 0.3) is 0 Å². The minimum atomic E-state index is -3.32. The molecule has 0 radical (unpaired) electrons. The van der Waals surface area contributed by atoms with Crippen molar-refractivity contribution in [3.63, 3.8) is 0 Å². The Morgan fingerprint density at radius 3 is 2.43 bits per heavy atom. The number of nitrogens with zero attached hydrogens (tertiary/aromatic N) is 2. The number of piperidine rings is 1. The molecule has 1 aromatic rings. The number of hydrogen-bond acceptors (Lipinski definition) is 3. The smallest absolute Gasteiger partial charge is 0.212 e. The van der Waals surface area contributed by atoms with Gasteiger partial charge in [-0.3, -0.25) is 0 Å². The molecule has 5 heteroatoms. The van der Waals surface area contributed by atoms with E-state index in [9.17, 15) is 8.42 Å². The molecule has 1 aliphatic rings. The summed E-state index contributed by atoms with van der Waals surface area (Å²) in [6.07, 6.45) is 1.07. The van der Waals surface area contributed by atoms with Gasteiger partial charge in [-0.15, -0.1) is 0 Å². The van der Waals surface area contributed by atoms with Crippen molar-refractivity contribution in [3.05, 3.63) is 35.4 Å². The summed E-state index contributed by atoms with van der Waals surface area (Å²) in [7, 11) is -3.32. The third-order valence-electron chi connectivity index (χ3n) is 4.33. The van der Waals surface area contributed by atoms with Crippen molar-refractivity contribution in [2.75, 3.05) is 6.54 Å². The van der Waals surface area contributed by atoms with Gasteiger partial charge in [-0.2, -0.15) is 9.57 Å². The van der Waals surface area contributed by atoms with Gasteiger partial charge < -0.3 is 0 Å². The zero-order valence-corrected chi connectivity index (χ0v) is 13.6. The van der Waals surface area contributed by atoms with Crippen molar-refractivity contribution in [2.45, 2.75) is 39.0 Å². The molecule has 2 rings (SSSR count). The number of rotatable bonds is 3. The molecule has 3 atom stereocenters. The fourth-order valence-corrected chi connectivity index (χ4v) is 4.97. The van der Waals surface area contributed by atoms with Gasteiger partial charge >= 0.3 is 0 Å². The van der Waals surface area contributed by atoms with Gasteiger partial charge in [-0.25, -0.2) is 8.42 Å². The Morgan fingerprint density at radius 1 is 1.24 bits per heavy atom. The molecule has 21 heavy (non-hydrogen) atoms. The third-order valence-corrected chi connectivity index (χ3v) is 6.23. The van der Waals surface area contributed by atoms with Crippen molar-refractivity contribution in [1.82, 2.24) is 4.31 Å². The number of nitriles is 1. The Hall–Kier alpha value is -1.38. The largest absolute Gasteiger partial charge is 0.218 e. The third kappa shape index (κ3) is 3.63. The highest BCUT2D eigenvalue weighted by Gasteiger charge is 2.36. The summed E-state index contributed by atoms with van der Waals surface area (Å²) < 4.78 is 27.0. The molecule has 1 aliphatic heterocycles. The molecule has 1 aromatic carbocycles. The Labute approximate surface area is 127 Å². The van der Waals surface area contributed by atoms with Crippen LogP contribution in [0.4, 0.5) is 0 Å². The lowest BCUT2D eigenvalue weighted by Crippen LogP contribution is -2.49. The molecule has 0 aromatic heterocycles. The lowest BCUT2D eigenvalue weighted by molar-refractivity contribution is 0.157. The Kier molecular flexibility index (Phi) is 4.70. The predicted octanol–water partition coefficient (Wildman–Crippen LogP) is 2.75. The van der Waals surface area contributed by atoms with Crippen molar-refractivity contribution in [2.24, 2.45) is 11.8 Å². The standard InChI is InChI=1S/C16H22N2O2S/c1-12-8-13(2)14(3)18(10-12)21(19,20)11-16-6-4-15(9-17)5-7-16/h4-7,12-14H,8,10-11H2,1-3H3. The van der Waals surface area contributed by atoms with Crippen LogP contribution in [-0.2, 0) is 15.8 Å². The number of benzene rings is 1. The molecule has 1 heterocycles. The van der Waals surface area contributed by atoms with Gasteiger partial charge in [-0.1, -0.05) is 26.0 Å². The lowest BCUT2D eigenvalue weighted by Gasteiger charge is -2.40. The molecule has 114 valence electrons. The molecular formula is C16H22N2O2S. The first kappa shape index (κ1) is 16.0. The summed E-state index contributed by atoms with van der Waals surface area (Å²) >= 11 is 0. The van der Waals surface area contributed by atoms with Crippen LogP contribution < -0.4 is 0 Å². The molecule has 0 spiro atoms. The second-order valence-electron chi connectivity index (χ2n) is 6.19. The van der Waals surface area contributed by atoms with E-state index in [-0.39, 0.29) is 11.8 Å². The van der Waals surface area contributed by atoms with Gasteiger partial charge in [-0.05, 0) is 42.9 Å². The van der Waals surface area contributed by atoms with Crippen LogP contribution in [0.1, 0.15) is 38.3 Å². The van der Waals surface area contributed by atoms with Crippen LogP contribution in [0, 0.1) is 23.2 Å². The first-order chi connectivity index (χ1) is 9.83. The van der Waals surface area contributed by atoms with Crippen LogP contribution in [0.2, 0.25) is 0 Å². The zero-order valence-electron chi connectivity index (χ0n) is 12.8. The molecule has 0 bridgehead atoms. The van der Waals surface area contributed by atoms with Crippen LogP contribution in [0.3, 0.4) is 0 Å². The summed E-state index contributed by atoms with van der Waals surface area (Å²) in [6.45, 7) is 6.81. The second-order valence-corrected chi connectivity index (χ2v) is 8.11. The zero-order chi connectivity index (χ0) is 15.6. The maximum Gasteiger partial charge on any atom is 0.218 e. The van der Waals surface area contributed by atoms with E-state index < -0.39 is 10.0 Å². The monoisotopic (exact) mass is 306 g/mol. The molecule has 4 nitrogen and oxygen atoms in total. The molecule has 1 saturated heterocycles. The summed E-state index contributed by atoms with van der Waals surface area (Å²) in [5.74, 6) is 0.777. The van der Waals surface area contributed by atoms with Gasteiger partial charge in [0.1, 0.15) is 0 Å². The number of hydrogen-bond donors (Lipinski definition) is 0. The highest BCUT2D eigenvalue weighted by molar-refractivity contribution is 7.88. The molecule has 1 fully saturated rings. The molecular weight excluding hydrogens is 284 g/mol. The van der Waals surface area contributed by atoms with E-state index in [0.29, 0.717) is 23.9 Å². The maximum absolute atomic E-state index is 12.7. The topological polar surface area (TPSA) is 61.2 Å². The van der Waals surface area contributed by atoms with E-state index in [2.05, 4.69) is 13.8 Å². The van der Waals surface area contributed by atoms with Crippen LogP contribution in [0.5, 0.6) is 0 Å². The summed E-state index contributed by atoms with van der Waals surface area (Å²) in [4.78, 5) is 0. The van der Waals surface area contributed by atoms with E-state index in [4.69, 9.17) is 5.26 Å². The van der Waals surface area contributed by atoms with Crippen LogP contribution in [-0.4, -0.2) is 25.3 Å². The molecule has 0 N–H and O–H groups in total. The first-order valence-corrected chi connectivity index (χ1v) is 8.93. The fraction of sp³-hybridized carbons (Fsp3) is 0.562. The normalized spacial score (nSPS) is 27.2. The van der Waals surface area contributed by atoms with Gasteiger partial charge in [0.15, 0.2) is 0 Å². The summed E-state index contributed by atoms with van der Waals surface area (Å²) in [5.41, 5.74) is 1.27. The van der Waals surface area contributed by atoms with Crippen molar-refractivity contribution in [3.8, 4) is 6.07 Å². The second kappa shape index (κ2) is 6.17. The fourth-order valence-electron chi connectivity index (χ4n) is 3.00. The molecule has 0 aliphatic carbocycles. The van der Waals surface area contributed by atoms with E-state index >= 15 is 0 Å². The van der Waals surface area contributed by atoms with Gasteiger partial charge in [0.2, 0.25) is 10.0 Å². The van der Waals surface area contributed by atoms with Gasteiger partial charge in [0.05, 0.1) is 17.4 Å². The molecule has 3 unspecified atom stereocenters. The molecule has 0 saturated carbocycles. The minimum Gasteiger partial charge on any atom is -0.212 e. The van der Waals surface area contributed by atoms with Crippen molar-refractivity contribution in [1.29, 1.82) is 5.26 Å². The van der Waals surface area contributed by atoms with Crippen LogP contribution >= 0.6 is 0 Å². The Bertz CT molecular complexity index is 631. The van der Waals surface area contributed by atoms with Crippen molar-refractivity contribution < 1.29 is 8.42 Å². The van der Waals surface area contributed by atoms with E-state index in [1.165, 1.54) is 0 Å². The SMILES string of the molecule is CC1CC(C)C(C)N(S(=O)(=O)Cc2ccc(C#N)cc2)C1. The molecule has 0 amide bonds. The Morgan fingerprint density at radius 2 is 1.86 bits per heavy atom. The summed E-state index contributed by atoms with van der Waals surface area (Å²) in [5, 5.41) is 8.78.